The standard InChI is InChI=1S/C33H42N2O6/c1-5-6-7-8-9-10-11-22-41-29-21-16-26(23-30(29)40-4)31(34-32(36)24-12-17-27(38-2)18-13-24)35-33(37)25-14-19-28(39-3)20-15-25/h12-21,23,31H,5-11,22H2,1-4H3,(H,34,36)(H,35,37). The van der Waals surface area contributed by atoms with Crippen LogP contribution >= 0.6 is 0 Å². The first-order chi connectivity index (χ1) is 20.0. The third-order valence-electron chi connectivity index (χ3n) is 6.78. The molecule has 0 atom stereocenters. The lowest BCUT2D eigenvalue weighted by atomic mass is 10.1. The largest absolute Gasteiger partial charge is 0.497 e. The predicted octanol–water partition coefficient (Wildman–Crippen LogP) is 6.70. The fourth-order valence-corrected chi connectivity index (χ4v) is 4.34. The van der Waals surface area contributed by atoms with E-state index in [1.54, 1.807) is 75.9 Å². The summed E-state index contributed by atoms with van der Waals surface area (Å²) in [6.07, 6.45) is 7.55. The Morgan fingerprint density at radius 3 is 1.63 bits per heavy atom. The van der Waals surface area contributed by atoms with Gasteiger partial charge in [0.25, 0.3) is 11.8 Å². The zero-order chi connectivity index (χ0) is 29.5. The maximum absolute atomic E-state index is 13.2. The van der Waals surface area contributed by atoms with Crippen molar-refractivity contribution >= 4 is 11.8 Å². The van der Waals surface area contributed by atoms with Crippen LogP contribution in [0.25, 0.3) is 0 Å². The minimum Gasteiger partial charge on any atom is -0.497 e. The summed E-state index contributed by atoms with van der Waals surface area (Å²) in [5.41, 5.74) is 1.49. The van der Waals surface area contributed by atoms with Crippen molar-refractivity contribution in [1.82, 2.24) is 10.6 Å². The molecule has 0 bridgehead atoms. The van der Waals surface area contributed by atoms with Crippen molar-refractivity contribution in [2.24, 2.45) is 0 Å². The van der Waals surface area contributed by atoms with Gasteiger partial charge in [-0.25, -0.2) is 0 Å². The first kappa shape index (κ1) is 31.3. The maximum atomic E-state index is 13.2. The SMILES string of the molecule is CCCCCCCCCOc1ccc(C(NC(=O)c2ccc(OC)cc2)NC(=O)c2ccc(OC)cc2)cc1OC. The lowest BCUT2D eigenvalue weighted by molar-refractivity contribution is 0.0883. The second kappa shape index (κ2) is 16.8. The zero-order valence-corrected chi connectivity index (χ0v) is 24.5. The van der Waals surface area contributed by atoms with Gasteiger partial charge in [-0.15, -0.1) is 0 Å². The normalized spacial score (nSPS) is 10.7. The molecule has 2 amide bonds. The number of ether oxygens (including phenoxy) is 4. The third-order valence-corrected chi connectivity index (χ3v) is 6.78. The second-order valence-electron chi connectivity index (χ2n) is 9.72. The van der Waals surface area contributed by atoms with Crippen molar-refractivity contribution in [3.05, 3.63) is 83.4 Å². The van der Waals surface area contributed by atoms with E-state index in [1.165, 1.54) is 32.1 Å². The van der Waals surface area contributed by atoms with Crippen LogP contribution in [0.2, 0.25) is 0 Å². The van der Waals surface area contributed by atoms with Crippen LogP contribution in [0.4, 0.5) is 0 Å². The molecule has 0 spiro atoms. The number of methoxy groups -OCH3 is 3. The molecule has 0 heterocycles. The maximum Gasteiger partial charge on any atom is 0.253 e. The van der Waals surface area contributed by atoms with Gasteiger partial charge in [-0.3, -0.25) is 9.59 Å². The molecule has 3 aromatic carbocycles. The molecule has 3 rings (SSSR count). The molecule has 0 aliphatic rings. The number of hydrogen-bond acceptors (Lipinski definition) is 6. The number of carbonyl (C=O) groups excluding carboxylic acids is 2. The van der Waals surface area contributed by atoms with E-state index in [2.05, 4.69) is 17.6 Å². The van der Waals surface area contributed by atoms with Crippen LogP contribution in [0.3, 0.4) is 0 Å². The van der Waals surface area contributed by atoms with Gasteiger partial charge >= 0.3 is 0 Å². The average Bonchev–Trinajstić information content (AvgIpc) is 3.02. The molecule has 0 aromatic heterocycles. The molecule has 220 valence electrons. The lowest BCUT2D eigenvalue weighted by Crippen LogP contribution is -2.41. The van der Waals surface area contributed by atoms with Crippen molar-refractivity contribution in [1.29, 1.82) is 0 Å². The van der Waals surface area contributed by atoms with E-state index in [4.69, 9.17) is 18.9 Å². The Balaban J connectivity index is 1.74. The van der Waals surface area contributed by atoms with Gasteiger partial charge in [0.05, 0.1) is 27.9 Å². The molecule has 0 aliphatic carbocycles. The summed E-state index contributed by atoms with van der Waals surface area (Å²) < 4.78 is 22.0. The van der Waals surface area contributed by atoms with E-state index in [0.29, 0.717) is 46.3 Å². The molecular weight excluding hydrogens is 520 g/mol. The van der Waals surface area contributed by atoms with Crippen LogP contribution in [-0.2, 0) is 0 Å². The summed E-state index contributed by atoms with van der Waals surface area (Å²) >= 11 is 0. The van der Waals surface area contributed by atoms with E-state index in [9.17, 15) is 9.59 Å². The molecule has 41 heavy (non-hydrogen) atoms. The van der Waals surface area contributed by atoms with Crippen molar-refractivity contribution in [2.45, 2.75) is 58.0 Å². The van der Waals surface area contributed by atoms with Gasteiger partial charge in [0.1, 0.15) is 17.7 Å². The smallest absolute Gasteiger partial charge is 0.253 e. The Hall–Kier alpha value is -4.20. The molecule has 2 N–H and O–H groups in total. The van der Waals surface area contributed by atoms with Crippen molar-refractivity contribution in [3.63, 3.8) is 0 Å². The predicted molar refractivity (Wildman–Crippen MR) is 160 cm³/mol. The summed E-state index contributed by atoms with van der Waals surface area (Å²) in [7, 11) is 4.70. The van der Waals surface area contributed by atoms with Gasteiger partial charge in [-0.2, -0.15) is 0 Å². The Morgan fingerprint density at radius 2 is 1.15 bits per heavy atom. The van der Waals surface area contributed by atoms with E-state index in [1.807, 2.05) is 12.1 Å². The lowest BCUT2D eigenvalue weighted by Gasteiger charge is -2.22. The summed E-state index contributed by atoms with van der Waals surface area (Å²) in [5, 5.41) is 5.86. The highest BCUT2D eigenvalue weighted by Crippen LogP contribution is 2.30. The van der Waals surface area contributed by atoms with Gasteiger partial charge in [0.15, 0.2) is 11.5 Å². The van der Waals surface area contributed by atoms with Crippen LogP contribution in [0, 0.1) is 0 Å². The number of benzene rings is 3. The number of hydrogen-bond donors (Lipinski definition) is 2. The zero-order valence-electron chi connectivity index (χ0n) is 24.5. The van der Waals surface area contributed by atoms with Crippen LogP contribution in [-0.4, -0.2) is 39.8 Å². The first-order valence-electron chi connectivity index (χ1n) is 14.2. The van der Waals surface area contributed by atoms with Crippen LogP contribution in [0.1, 0.15) is 84.3 Å². The van der Waals surface area contributed by atoms with Crippen LogP contribution in [0.5, 0.6) is 23.0 Å². The molecular formula is C33H42N2O6. The van der Waals surface area contributed by atoms with E-state index >= 15 is 0 Å². The number of amides is 2. The molecule has 0 fully saturated rings. The molecule has 0 saturated carbocycles. The number of carbonyl (C=O) groups is 2. The van der Waals surface area contributed by atoms with E-state index in [0.717, 1.165) is 12.8 Å². The highest BCUT2D eigenvalue weighted by atomic mass is 16.5. The highest BCUT2D eigenvalue weighted by molar-refractivity contribution is 5.97. The molecule has 0 unspecified atom stereocenters. The van der Waals surface area contributed by atoms with Gasteiger partial charge in [0, 0.05) is 11.1 Å². The molecule has 0 saturated heterocycles. The van der Waals surface area contributed by atoms with Crippen LogP contribution < -0.4 is 29.6 Å². The average molecular weight is 563 g/mol. The third kappa shape index (κ3) is 9.74. The topological polar surface area (TPSA) is 95.1 Å². The summed E-state index contributed by atoms with van der Waals surface area (Å²) in [6.45, 7) is 2.81. The Kier molecular flexibility index (Phi) is 12.8. The second-order valence-corrected chi connectivity index (χ2v) is 9.72. The van der Waals surface area contributed by atoms with Gasteiger partial charge in [-0.1, -0.05) is 51.5 Å². The number of unbranched alkanes of at least 4 members (excludes halogenated alkanes) is 6. The number of rotatable bonds is 17. The Labute approximate surface area is 243 Å². The molecule has 0 aliphatic heterocycles. The van der Waals surface area contributed by atoms with Crippen molar-refractivity contribution < 1.29 is 28.5 Å². The van der Waals surface area contributed by atoms with Gasteiger partial charge in [-0.05, 0) is 72.6 Å². The number of nitrogens with one attached hydrogen (secondary N) is 2. The van der Waals surface area contributed by atoms with Crippen molar-refractivity contribution in [3.8, 4) is 23.0 Å². The minimum absolute atomic E-state index is 0.356. The first-order valence-corrected chi connectivity index (χ1v) is 14.2. The van der Waals surface area contributed by atoms with E-state index in [-0.39, 0.29) is 11.8 Å². The summed E-state index contributed by atoms with van der Waals surface area (Å²) in [6, 6.07) is 18.9. The fraction of sp³-hybridized carbons (Fsp3) is 0.394. The van der Waals surface area contributed by atoms with Gasteiger partial charge in [0.2, 0.25) is 0 Å². The molecule has 8 heteroatoms. The fourth-order valence-electron chi connectivity index (χ4n) is 4.34. The molecule has 8 nitrogen and oxygen atoms in total. The van der Waals surface area contributed by atoms with Crippen molar-refractivity contribution in [2.75, 3.05) is 27.9 Å². The Bertz CT molecular complexity index is 1170. The minimum atomic E-state index is -0.842. The quantitative estimate of drug-likeness (QED) is 0.140. The Morgan fingerprint density at radius 1 is 0.634 bits per heavy atom. The molecule has 0 radical (unpaired) electrons. The van der Waals surface area contributed by atoms with Gasteiger partial charge < -0.3 is 29.6 Å². The summed E-state index contributed by atoms with van der Waals surface area (Å²) in [5.74, 6) is 1.71. The highest BCUT2D eigenvalue weighted by Gasteiger charge is 2.21. The molecule has 3 aromatic rings. The van der Waals surface area contributed by atoms with Crippen LogP contribution in [0.15, 0.2) is 66.7 Å². The summed E-state index contributed by atoms with van der Waals surface area (Å²) in [4.78, 5) is 26.3. The van der Waals surface area contributed by atoms with E-state index < -0.39 is 6.17 Å². The monoisotopic (exact) mass is 562 g/mol.